The first-order valence-electron chi connectivity index (χ1n) is 10.4. The smallest absolute Gasteiger partial charge is 0.339 e. The van der Waals surface area contributed by atoms with Gasteiger partial charge in [-0.1, -0.05) is 19.4 Å². The van der Waals surface area contributed by atoms with Gasteiger partial charge in [0.05, 0.1) is 7.11 Å². The summed E-state index contributed by atoms with van der Waals surface area (Å²) in [6.07, 6.45) is 6.08. The summed E-state index contributed by atoms with van der Waals surface area (Å²) in [7, 11) is 1.49. The van der Waals surface area contributed by atoms with Crippen molar-refractivity contribution < 1.29 is 19.4 Å². The van der Waals surface area contributed by atoms with Gasteiger partial charge in [0.1, 0.15) is 11.3 Å². The molecule has 6 nitrogen and oxygen atoms in total. The Morgan fingerprint density at radius 3 is 2.82 bits per heavy atom. The van der Waals surface area contributed by atoms with Crippen molar-refractivity contribution in [2.24, 2.45) is 5.41 Å². The topological polar surface area (TPSA) is 70.1 Å². The van der Waals surface area contributed by atoms with Crippen molar-refractivity contribution in [3.63, 3.8) is 0 Å². The lowest BCUT2D eigenvalue weighted by Gasteiger charge is -2.48. The number of carbonyl (C=O) groups excluding carboxylic acids is 1. The molecule has 1 N–H and O–H groups in total. The number of ether oxygens (including phenoxy) is 1. The fraction of sp³-hybridized carbons (Fsp3) is 0.636. The maximum atomic E-state index is 12.3. The fourth-order valence-electron chi connectivity index (χ4n) is 4.71. The Bertz CT molecular complexity index is 720. The lowest BCUT2D eigenvalue weighted by Crippen LogP contribution is -2.53. The van der Waals surface area contributed by atoms with E-state index < -0.39 is 5.97 Å². The molecule has 0 radical (unpaired) electrons. The highest BCUT2D eigenvalue weighted by Crippen LogP contribution is 2.39. The van der Waals surface area contributed by atoms with Crippen molar-refractivity contribution in [2.75, 3.05) is 33.3 Å². The average molecular weight is 389 g/mol. The minimum atomic E-state index is -0.967. The third-order valence-corrected chi connectivity index (χ3v) is 6.17. The predicted molar refractivity (Wildman–Crippen MR) is 108 cm³/mol. The number of carboxylic acids is 1. The van der Waals surface area contributed by atoms with Crippen LogP contribution < -0.4 is 4.74 Å². The molecule has 1 atom stereocenters. The van der Waals surface area contributed by atoms with E-state index >= 15 is 0 Å². The summed E-state index contributed by atoms with van der Waals surface area (Å²) in [5.41, 5.74) is 1.38. The van der Waals surface area contributed by atoms with Crippen LogP contribution in [0.15, 0.2) is 18.2 Å². The van der Waals surface area contributed by atoms with E-state index in [1.165, 1.54) is 13.5 Å². The number of benzene rings is 1. The molecule has 0 saturated carbocycles. The quantitative estimate of drug-likeness (QED) is 0.775. The van der Waals surface area contributed by atoms with Crippen molar-refractivity contribution in [1.29, 1.82) is 0 Å². The predicted octanol–water partition coefficient (Wildman–Crippen LogP) is 3.40. The maximum absolute atomic E-state index is 12.3. The Kier molecular flexibility index (Phi) is 6.60. The first-order chi connectivity index (χ1) is 13.5. The third kappa shape index (κ3) is 4.66. The molecular weight excluding hydrogens is 356 g/mol. The number of amides is 1. The molecule has 3 rings (SSSR count). The molecule has 2 fully saturated rings. The fourth-order valence-corrected chi connectivity index (χ4v) is 4.71. The zero-order valence-corrected chi connectivity index (χ0v) is 17.1. The van der Waals surface area contributed by atoms with Gasteiger partial charge in [0, 0.05) is 38.0 Å². The van der Waals surface area contributed by atoms with Crippen LogP contribution in [0.4, 0.5) is 0 Å². The van der Waals surface area contributed by atoms with Gasteiger partial charge in [-0.15, -0.1) is 0 Å². The van der Waals surface area contributed by atoms with E-state index in [-0.39, 0.29) is 11.0 Å². The van der Waals surface area contributed by atoms with Gasteiger partial charge in [-0.25, -0.2) is 4.79 Å². The van der Waals surface area contributed by atoms with Gasteiger partial charge in [-0.2, -0.15) is 0 Å². The van der Waals surface area contributed by atoms with Crippen LogP contribution in [0.25, 0.3) is 0 Å². The Morgan fingerprint density at radius 2 is 2.11 bits per heavy atom. The van der Waals surface area contributed by atoms with E-state index in [4.69, 9.17) is 4.74 Å². The molecule has 1 amide bonds. The molecule has 154 valence electrons. The van der Waals surface area contributed by atoms with Crippen LogP contribution in [0.1, 0.15) is 61.4 Å². The standard InChI is InChI=1S/C22H32N2O4/c1-3-4-12-24-16-22(10-8-20(24)25)9-5-11-23(15-22)14-17-6-7-19(28-2)18(13-17)21(26)27/h6-7,13H,3-5,8-12,14-16H2,1-2H3,(H,26,27)/t22-/m0/s1. The molecule has 2 aliphatic heterocycles. The molecule has 1 spiro atoms. The van der Waals surface area contributed by atoms with Crippen LogP contribution in [-0.2, 0) is 11.3 Å². The van der Waals surface area contributed by atoms with E-state index in [9.17, 15) is 14.7 Å². The second-order valence-electron chi connectivity index (χ2n) is 8.32. The summed E-state index contributed by atoms with van der Waals surface area (Å²) in [4.78, 5) is 28.3. The first-order valence-corrected chi connectivity index (χ1v) is 10.4. The number of hydrogen-bond donors (Lipinski definition) is 1. The molecule has 2 heterocycles. The number of hydrogen-bond acceptors (Lipinski definition) is 4. The minimum absolute atomic E-state index is 0.183. The van der Waals surface area contributed by atoms with Gasteiger partial charge in [0.2, 0.25) is 5.91 Å². The van der Waals surface area contributed by atoms with E-state index in [1.54, 1.807) is 12.1 Å². The Balaban J connectivity index is 1.69. The molecule has 0 aliphatic carbocycles. The van der Waals surface area contributed by atoms with Crippen LogP contribution in [-0.4, -0.2) is 60.1 Å². The summed E-state index contributed by atoms with van der Waals surface area (Å²) in [6, 6.07) is 5.41. The van der Waals surface area contributed by atoms with Gasteiger partial charge in [-0.3, -0.25) is 9.69 Å². The number of carboxylic acid groups (broad SMARTS) is 1. The number of aromatic carboxylic acids is 1. The van der Waals surface area contributed by atoms with Crippen molar-refractivity contribution in [3.8, 4) is 5.75 Å². The number of rotatable bonds is 7. The van der Waals surface area contributed by atoms with Crippen molar-refractivity contribution >= 4 is 11.9 Å². The normalized spacial score (nSPS) is 23.2. The number of methoxy groups -OCH3 is 1. The van der Waals surface area contributed by atoms with Crippen LogP contribution in [0.5, 0.6) is 5.75 Å². The second kappa shape index (κ2) is 8.95. The van der Waals surface area contributed by atoms with Gasteiger partial charge in [0.15, 0.2) is 0 Å². The van der Waals surface area contributed by atoms with Gasteiger partial charge in [0.25, 0.3) is 0 Å². The minimum Gasteiger partial charge on any atom is -0.496 e. The molecule has 2 aliphatic rings. The van der Waals surface area contributed by atoms with Gasteiger partial charge in [-0.05, 0) is 49.9 Å². The first kappa shape index (κ1) is 20.6. The van der Waals surface area contributed by atoms with E-state index in [1.807, 2.05) is 6.07 Å². The largest absolute Gasteiger partial charge is 0.496 e. The number of carbonyl (C=O) groups is 2. The summed E-state index contributed by atoms with van der Waals surface area (Å²) >= 11 is 0. The van der Waals surface area contributed by atoms with Crippen LogP contribution in [0.2, 0.25) is 0 Å². The highest BCUT2D eigenvalue weighted by Gasteiger charge is 2.41. The monoisotopic (exact) mass is 388 g/mol. The van der Waals surface area contributed by atoms with Gasteiger partial charge >= 0.3 is 5.97 Å². The van der Waals surface area contributed by atoms with E-state index in [2.05, 4.69) is 16.7 Å². The third-order valence-electron chi connectivity index (χ3n) is 6.17. The highest BCUT2D eigenvalue weighted by atomic mass is 16.5. The van der Waals surface area contributed by atoms with Crippen molar-refractivity contribution in [2.45, 2.75) is 52.0 Å². The molecule has 6 heteroatoms. The molecule has 1 aromatic rings. The summed E-state index contributed by atoms with van der Waals surface area (Å²) in [6.45, 7) is 6.61. The highest BCUT2D eigenvalue weighted by molar-refractivity contribution is 5.91. The number of piperidine rings is 2. The van der Waals surface area contributed by atoms with Crippen LogP contribution in [0.3, 0.4) is 0 Å². The molecule has 2 saturated heterocycles. The maximum Gasteiger partial charge on any atom is 0.339 e. The lowest BCUT2D eigenvalue weighted by molar-refractivity contribution is -0.139. The van der Waals surface area contributed by atoms with Crippen LogP contribution in [0, 0.1) is 5.41 Å². The summed E-state index contributed by atoms with van der Waals surface area (Å²) in [5, 5.41) is 9.42. The Labute approximate surface area is 167 Å². The molecule has 28 heavy (non-hydrogen) atoms. The Morgan fingerprint density at radius 1 is 1.29 bits per heavy atom. The molecule has 1 aromatic carbocycles. The average Bonchev–Trinajstić information content (AvgIpc) is 2.69. The lowest BCUT2D eigenvalue weighted by atomic mass is 9.73. The summed E-state index contributed by atoms with van der Waals surface area (Å²) in [5.74, 6) is -0.271. The summed E-state index contributed by atoms with van der Waals surface area (Å²) < 4.78 is 5.16. The number of unbranched alkanes of at least 4 members (excludes halogenated alkanes) is 1. The Hall–Kier alpha value is -2.08. The van der Waals surface area contributed by atoms with E-state index in [0.29, 0.717) is 18.1 Å². The van der Waals surface area contributed by atoms with E-state index in [0.717, 1.165) is 64.0 Å². The zero-order valence-electron chi connectivity index (χ0n) is 17.1. The number of likely N-dealkylation sites (tertiary alicyclic amines) is 2. The number of nitrogens with zero attached hydrogens (tertiary/aromatic N) is 2. The van der Waals surface area contributed by atoms with Crippen molar-refractivity contribution in [3.05, 3.63) is 29.3 Å². The SMILES string of the molecule is CCCCN1C[C@@]2(CCCN(Cc3ccc(OC)c(C(=O)O)c3)C2)CCC1=O. The molecule has 0 aromatic heterocycles. The van der Waals surface area contributed by atoms with Crippen molar-refractivity contribution in [1.82, 2.24) is 9.80 Å². The van der Waals surface area contributed by atoms with Crippen LogP contribution >= 0.6 is 0 Å². The van der Waals surface area contributed by atoms with Gasteiger partial charge < -0.3 is 14.7 Å². The molecular formula is C22H32N2O4. The molecule has 0 unspecified atom stereocenters. The zero-order chi connectivity index (χ0) is 20.1. The molecule has 0 bridgehead atoms. The second-order valence-corrected chi connectivity index (χ2v) is 8.32.